The predicted molar refractivity (Wildman–Crippen MR) is 58.0 cm³/mol. The van der Waals surface area contributed by atoms with Crippen LogP contribution in [-0.2, 0) is 14.3 Å². The van der Waals surface area contributed by atoms with Crippen LogP contribution in [0.3, 0.4) is 0 Å². The van der Waals surface area contributed by atoms with Gasteiger partial charge in [-0.2, -0.15) is 0 Å². The molecule has 0 aromatic carbocycles. The van der Waals surface area contributed by atoms with Crippen molar-refractivity contribution in [3.8, 4) is 0 Å². The normalized spacial score (nSPS) is 19.7. The highest BCUT2D eigenvalue weighted by Gasteiger charge is 2.52. The van der Waals surface area contributed by atoms with Crippen molar-refractivity contribution in [1.29, 1.82) is 0 Å². The molecule has 1 unspecified atom stereocenters. The van der Waals surface area contributed by atoms with E-state index in [0.29, 0.717) is 19.4 Å². The smallest absolute Gasteiger partial charge is 0.319 e. The summed E-state index contributed by atoms with van der Waals surface area (Å²) in [6, 6.07) is -0.102. The molecule has 0 saturated heterocycles. The fourth-order valence-corrected chi connectivity index (χ4v) is 1.94. The van der Waals surface area contributed by atoms with Crippen LogP contribution in [0, 0.1) is 5.41 Å². The predicted octanol–water partition coefficient (Wildman–Crippen LogP) is 0.735. The number of carboxylic acids is 1. The van der Waals surface area contributed by atoms with Gasteiger partial charge in [0, 0.05) is 14.2 Å². The van der Waals surface area contributed by atoms with Crippen molar-refractivity contribution in [1.82, 2.24) is 4.90 Å². The van der Waals surface area contributed by atoms with Gasteiger partial charge in [-0.15, -0.1) is 0 Å². The van der Waals surface area contributed by atoms with Crippen LogP contribution in [0.1, 0.15) is 26.2 Å². The standard InChI is InChI=1S/C11H19NO4/c1-8(7-16-3)12(2)9(13)11(10(14)15)5-4-6-11/h8H,4-7H2,1-3H3,(H,14,15). The third-order valence-electron chi connectivity index (χ3n) is 3.42. The second-order valence-corrected chi connectivity index (χ2v) is 4.46. The molecule has 0 radical (unpaired) electrons. The monoisotopic (exact) mass is 229 g/mol. The molecule has 1 atom stereocenters. The molecule has 1 aliphatic carbocycles. The molecule has 1 aliphatic rings. The van der Waals surface area contributed by atoms with Crippen LogP contribution in [0.15, 0.2) is 0 Å². The van der Waals surface area contributed by atoms with Crippen molar-refractivity contribution in [3.63, 3.8) is 0 Å². The number of rotatable bonds is 5. The summed E-state index contributed by atoms with van der Waals surface area (Å²) in [5.74, 6) is -1.30. The lowest BCUT2D eigenvalue weighted by Crippen LogP contribution is -2.54. The van der Waals surface area contributed by atoms with Gasteiger partial charge in [-0.05, 0) is 19.8 Å². The molecule has 5 heteroatoms. The van der Waals surface area contributed by atoms with E-state index in [-0.39, 0.29) is 11.9 Å². The van der Waals surface area contributed by atoms with Crippen molar-refractivity contribution in [2.45, 2.75) is 32.2 Å². The average molecular weight is 229 g/mol. The third-order valence-corrected chi connectivity index (χ3v) is 3.42. The third kappa shape index (κ3) is 2.04. The van der Waals surface area contributed by atoms with Crippen LogP contribution in [0.4, 0.5) is 0 Å². The minimum Gasteiger partial charge on any atom is -0.480 e. The van der Waals surface area contributed by atoms with Gasteiger partial charge < -0.3 is 14.7 Å². The van der Waals surface area contributed by atoms with Gasteiger partial charge in [0.1, 0.15) is 5.41 Å². The van der Waals surface area contributed by atoms with E-state index in [2.05, 4.69) is 0 Å². The number of ether oxygens (including phenoxy) is 1. The molecule has 0 aromatic rings. The second kappa shape index (κ2) is 4.82. The Labute approximate surface area is 95.4 Å². The summed E-state index contributed by atoms with van der Waals surface area (Å²) in [7, 11) is 3.19. The maximum absolute atomic E-state index is 12.1. The van der Waals surface area contributed by atoms with Gasteiger partial charge in [-0.25, -0.2) is 0 Å². The van der Waals surface area contributed by atoms with Crippen LogP contribution in [0.2, 0.25) is 0 Å². The van der Waals surface area contributed by atoms with E-state index >= 15 is 0 Å². The minimum absolute atomic E-state index is 0.102. The molecule has 5 nitrogen and oxygen atoms in total. The van der Waals surface area contributed by atoms with E-state index in [1.807, 2.05) is 6.92 Å². The lowest BCUT2D eigenvalue weighted by atomic mass is 9.67. The number of amides is 1. The van der Waals surface area contributed by atoms with Crippen LogP contribution in [0.25, 0.3) is 0 Å². The molecule has 0 bridgehead atoms. The van der Waals surface area contributed by atoms with E-state index in [4.69, 9.17) is 9.84 Å². The molecule has 0 spiro atoms. The summed E-state index contributed by atoms with van der Waals surface area (Å²) < 4.78 is 4.96. The van der Waals surface area contributed by atoms with Crippen molar-refractivity contribution in [2.24, 2.45) is 5.41 Å². The number of nitrogens with zero attached hydrogens (tertiary/aromatic N) is 1. The van der Waals surface area contributed by atoms with E-state index in [9.17, 15) is 9.59 Å². The van der Waals surface area contributed by atoms with Crippen molar-refractivity contribution >= 4 is 11.9 Å². The first-order chi connectivity index (χ1) is 7.45. The highest BCUT2D eigenvalue weighted by molar-refractivity contribution is 6.02. The number of hydrogen-bond donors (Lipinski definition) is 1. The lowest BCUT2D eigenvalue weighted by Gasteiger charge is -2.40. The zero-order valence-corrected chi connectivity index (χ0v) is 10.0. The number of methoxy groups -OCH3 is 1. The van der Waals surface area contributed by atoms with E-state index < -0.39 is 11.4 Å². The van der Waals surface area contributed by atoms with Gasteiger partial charge in [-0.1, -0.05) is 6.42 Å². The Hall–Kier alpha value is -1.10. The zero-order valence-electron chi connectivity index (χ0n) is 10.0. The van der Waals surface area contributed by atoms with Crippen LogP contribution in [0.5, 0.6) is 0 Å². The second-order valence-electron chi connectivity index (χ2n) is 4.46. The van der Waals surface area contributed by atoms with Crippen LogP contribution in [-0.4, -0.2) is 48.7 Å². The van der Waals surface area contributed by atoms with E-state index in [0.717, 1.165) is 6.42 Å². The Morgan fingerprint density at radius 3 is 2.38 bits per heavy atom. The lowest BCUT2D eigenvalue weighted by molar-refractivity contribution is -0.168. The first-order valence-electron chi connectivity index (χ1n) is 5.45. The highest BCUT2D eigenvalue weighted by atomic mass is 16.5. The van der Waals surface area contributed by atoms with Gasteiger partial charge in [-0.3, -0.25) is 9.59 Å². The summed E-state index contributed by atoms with van der Waals surface area (Å²) in [4.78, 5) is 24.7. The molecule has 1 amide bonds. The van der Waals surface area contributed by atoms with E-state index in [1.165, 1.54) is 4.90 Å². The quantitative estimate of drug-likeness (QED) is 0.706. The molecule has 0 heterocycles. The number of carbonyl (C=O) groups is 2. The fraction of sp³-hybridized carbons (Fsp3) is 0.818. The molecule has 0 aliphatic heterocycles. The maximum atomic E-state index is 12.1. The SMILES string of the molecule is COCC(C)N(C)C(=O)C1(C(=O)O)CCC1. The Morgan fingerprint density at radius 1 is 1.50 bits per heavy atom. The Bertz CT molecular complexity index is 286. The molecule has 1 fully saturated rings. The Morgan fingerprint density at radius 2 is 2.06 bits per heavy atom. The fourth-order valence-electron chi connectivity index (χ4n) is 1.94. The molecule has 0 aromatic heterocycles. The number of hydrogen-bond acceptors (Lipinski definition) is 3. The summed E-state index contributed by atoms with van der Waals surface area (Å²) in [5, 5.41) is 9.14. The van der Waals surface area contributed by atoms with Crippen molar-refractivity contribution in [2.75, 3.05) is 20.8 Å². The van der Waals surface area contributed by atoms with E-state index in [1.54, 1.807) is 14.2 Å². The maximum Gasteiger partial charge on any atom is 0.319 e. The first kappa shape index (κ1) is 13.0. The number of carbonyl (C=O) groups excluding carboxylic acids is 1. The zero-order chi connectivity index (χ0) is 12.3. The van der Waals surface area contributed by atoms with Gasteiger partial charge >= 0.3 is 5.97 Å². The van der Waals surface area contributed by atoms with Crippen LogP contribution >= 0.6 is 0 Å². The van der Waals surface area contributed by atoms with Gasteiger partial charge in [0.15, 0.2) is 0 Å². The number of likely N-dealkylation sites (N-methyl/N-ethyl adjacent to an activating group) is 1. The van der Waals surface area contributed by atoms with Gasteiger partial charge in [0.2, 0.25) is 5.91 Å². The molecule has 1 saturated carbocycles. The van der Waals surface area contributed by atoms with Crippen molar-refractivity contribution < 1.29 is 19.4 Å². The summed E-state index contributed by atoms with van der Waals surface area (Å²) in [6.45, 7) is 2.26. The largest absolute Gasteiger partial charge is 0.480 e. The Kier molecular flexibility index (Phi) is 3.91. The topological polar surface area (TPSA) is 66.8 Å². The molecule has 92 valence electrons. The number of carboxylic acid groups (broad SMARTS) is 1. The minimum atomic E-state index is -1.17. The summed E-state index contributed by atoms with van der Waals surface area (Å²) in [5.41, 5.74) is -1.17. The van der Waals surface area contributed by atoms with Gasteiger partial charge in [0.25, 0.3) is 0 Å². The van der Waals surface area contributed by atoms with Gasteiger partial charge in [0.05, 0.1) is 12.6 Å². The molecular weight excluding hydrogens is 210 g/mol. The molecular formula is C11H19NO4. The molecule has 16 heavy (non-hydrogen) atoms. The van der Waals surface area contributed by atoms with Crippen LogP contribution < -0.4 is 0 Å². The first-order valence-corrected chi connectivity index (χ1v) is 5.45. The molecule has 1 rings (SSSR count). The summed E-state index contributed by atoms with van der Waals surface area (Å²) >= 11 is 0. The van der Waals surface area contributed by atoms with Crippen molar-refractivity contribution in [3.05, 3.63) is 0 Å². The highest BCUT2D eigenvalue weighted by Crippen LogP contribution is 2.42. The molecule has 1 N–H and O–H groups in total. The number of aliphatic carboxylic acids is 1. The Balaban J connectivity index is 2.72. The average Bonchev–Trinajstić information content (AvgIpc) is 2.14. The summed E-state index contributed by atoms with van der Waals surface area (Å²) in [6.07, 6.45) is 1.71.